The smallest absolute Gasteiger partial charge is 0.494 e. The summed E-state index contributed by atoms with van der Waals surface area (Å²) in [5.74, 6) is 0.653. The second kappa shape index (κ2) is 14.4. The molecule has 2 heterocycles. The first-order valence-corrected chi connectivity index (χ1v) is 14.7. The third-order valence-electron chi connectivity index (χ3n) is 7.26. The molecule has 0 aliphatic carbocycles. The first kappa shape index (κ1) is 29.8. The van der Waals surface area contributed by atoms with E-state index >= 15 is 0 Å². The number of unbranched alkanes of at least 4 members (excludes halogenated alkanes) is 1. The molecule has 220 valence electrons. The minimum Gasteiger partial charge on any atom is -0.494 e. The van der Waals surface area contributed by atoms with E-state index < -0.39 is 6.16 Å². The average molecular weight is 611 g/mol. The molecule has 0 bridgehead atoms. The van der Waals surface area contributed by atoms with Gasteiger partial charge in [-0.1, -0.05) is 59.6 Å². The third-order valence-corrected chi connectivity index (χ3v) is 8.07. The van der Waals surface area contributed by atoms with Gasteiger partial charge in [0, 0.05) is 38.3 Å². The van der Waals surface area contributed by atoms with E-state index in [1.807, 2.05) is 60.7 Å². The zero-order valence-corrected chi connectivity index (χ0v) is 24.7. The number of hydrogen-bond donors (Lipinski definition) is 0. The van der Waals surface area contributed by atoms with E-state index in [-0.39, 0.29) is 18.9 Å². The van der Waals surface area contributed by atoms with Crippen LogP contribution in [0.1, 0.15) is 18.4 Å². The Kier molecular flexibility index (Phi) is 10.2. The number of carbonyl (C=O) groups excluding carboxylic acids is 1. The number of aromatic nitrogens is 1. The van der Waals surface area contributed by atoms with Gasteiger partial charge in [0.05, 0.1) is 27.9 Å². The highest BCUT2D eigenvalue weighted by Gasteiger charge is 2.19. The molecule has 3 aromatic carbocycles. The minimum atomic E-state index is -0.843. The Balaban J connectivity index is 1.07. The normalized spacial score (nSPS) is 13.7. The summed E-state index contributed by atoms with van der Waals surface area (Å²) >= 11 is 12.6. The second-order valence-corrected chi connectivity index (χ2v) is 10.9. The van der Waals surface area contributed by atoms with E-state index in [1.54, 1.807) is 12.1 Å². The summed E-state index contributed by atoms with van der Waals surface area (Å²) in [7, 11) is 0. The third kappa shape index (κ3) is 7.76. The molecule has 0 amide bonds. The molecule has 0 spiro atoms. The van der Waals surface area contributed by atoms with E-state index in [4.69, 9.17) is 37.4 Å². The molecule has 1 saturated heterocycles. The van der Waals surface area contributed by atoms with Gasteiger partial charge in [-0.2, -0.15) is 0 Å². The number of nitrogens with zero attached hydrogens (tertiary/aromatic N) is 3. The Hall–Kier alpha value is -3.72. The summed E-state index contributed by atoms with van der Waals surface area (Å²) < 4.78 is 17.8. The molecule has 1 aliphatic rings. The monoisotopic (exact) mass is 609 g/mol. The molecule has 1 aliphatic heterocycles. The lowest BCUT2D eigenvalue weighted by atomic mass is 10.2. The second-order valence-electron chi connectivity index (χ2n) is 10.1. The quantitative estimate of drug-likeness (QED) is 0.140. The number of piperazine rings is 1. The summed E-state index contributed by atoms with van der Waals surface area (Å²) in [5.41, 5.74) is 2.18. The molecule has 10 heteroatoms. The zero-order valence-electron chi connectivity index (χ0n) is 23.2. The van der Waals surface area contributed by atoms with Gasteiger partial charge >= 0.3 is 6.16 Å². The number of rotatable bonds is 11. The molecule has 0 saturated carbocycles. The summed E-state index contributed by atoms with van der Waals surface area (Å²) in [6.45, 7) is 5.13. The first-order chi connectivity index (χ1) is 20.5. The highest BCUT2D eigenvalue weighted by atomic mass is 35.5. The van der Waals surface area contributed by atoms with Gasteiger partial charge in [-0.05, 0) is 60.7 Å². The fourth-order valence-electron chi connectivity index (χ4n) is 4.94. The maximum Gasteiger partial charge on any atom is 0.510 e. The van der Waals surface area contributed by atoms with Crippen LogP contribution in [0.4, 0.5) is 10.5 Å². The van der Waals surface area contributed by atoms with Crippen LogP contribution in [0.3, 0.4) is 0 Å². The number of benzene rings is 3. The van der Waals surface area contributed by atoms with Gasteiger partial charge in [0.25, 0.3) is 5.56 Å². The number of carbonyl (C=O) groups is 1. The standard InChI is InChI=1S/C32H33Cl2N3O5/c33-27-9-6-10-28(31(27)34)36-18-16-35(17-19-36)15-4-5-20-40-26-13-11-25-12-14-30(38)37(29(25)21-26)23-42-32(39)41-22-24-7-2-1-3-8-24/h1-3,6-14,21H,4-5,15-20,22-23H2. The molecule has 1 aromatic heterocycles. The summed E-state index contributed by atoms with van der Waals surface area (Å²) in [4.78, 5) is 29.5. The van der Waals surface area contributed by atoms with Crippen molar-refractivity contribution in [2.45, 2.75) is 26.2 Å². The van der Waals surface area contributed by atoms with Crippen molar-refractivity contribution in [3.63, 3.8) is 0 Å². The Morgan fingerprint density at radius 2 is 1.62 bits per heavy atom. The molecule has 5 rings (SSSR count). The van der Waals surface area contributed by atoms with Crippen molar-refractivity contribution >= 4 is 45.9 Å². The molecular weight excluding hydrogens is 577 g/mol. The van der Waals surface area contributed by atoms with Crippen LogP contribution >= 0.6 is 23.2 Å². The van der Waals surface area contributed by atoms with Crippen LogP contribution in [0, 0.1) is 0 Å². The zero-order chi connectivity index (χ0) is 29.3. The first-order valence-electron chi connectivity index (χ1n) is 14.0. The summed E-state index contributed by atoms with van der Waals surface area (Å²) in [6.07, 6.45) is 1.07. The minimum absolute atomic E-state index is 0.0934. The Morgan fingerprint density at radius 3 is 2.43 bits per heavy atom. The van der Waals surface area contributed by atoms with Crippen LogP contribution in [-0.4, -0.2) is 55.0 Å². The summed E-state index contributed by atoms with van der Waals surface area (Å²) in [6, 6.07) is 23.8. The van der Waals surface area contributed by atoms with Crippen LogP contribution < -0.4 is 15.2 Å². The number of hydrogen-bond acceptors (Lipinski definition) is 7. The van der Waals surface area contributed by atoms with Crippen molar-refractivity contribution in [3.8, 4) is 5.75 Å². The number of pyridine rings is 1. The molecule has 0 unspecified atom stereocenters. The molecule has 0 N–H and O–H groups in total. The fraction of sp³-hybridized carbons (Fsp3) is 0.312. The van der Waals surface area contributed by atoms with Gasteiger partial charge in [-0.15, -0.1) is 0 Å². The molecule has 0 atom stereocenters. The van der Waals surface area contributed by atoms with Crippen LogP contribution in [0.25, 0.3) is 10.9 Å². The van der Waals surface area contributed by atoms with E-state index in [0.717, 1.165) is 62.2 Å². The maximum absolute atomic E-state index is 12.6. The van der Waals surface area contributed by atoms with Gasteiger partial charge in [-0.3, -0.25) is 14.3 Å². The Labute approximate surface area is 254 Å². The highest BCUT2D eigenvalue weighted by Crippen LogP contribution is 2.33. The molecule has 4 aromatic rings. The molecule has 0 radical (unpaired) electrons. The van der Waals surface area contributed by atoms with Gasteiger partial charge in [-0.25, -0.2) is 4.79 Å². The van der Waals surface area contributed by atoms with E-state index in [1.165, 1.54) is 10.6 Å². The average Bonchev–Trinajstić information content (AvgIpc) is 3.01. The van der Waals surface area contributed by atoms with Crippen molar-refractivity contribution in [1.29, 1.82) is 0 Å². The van der Waals surface area contributed by atoms with E-state index in [0.29, 0.717) is 27.9 Å². The van der Waals surface area contributed by atoms with Gasteiger partial charge in [0.15, 0.2) is 6.73 Å². The molecule has 1 fully saturated rings. The predicted octanol–water partition coefficient (Wildman–Crippen LogP) is 6.60. The lowest BCUT2D eigenvalue weighted by Gasteiger charge is -2.36. The number of anilines is 1. The van der Waals surface area contributed by atoms with Crippen LogP contribution in [-0.2, 0) is 22.8 Å². The number of fused-ring (bicyclic) bond motifs is 1. The molecule has 42 heavy (non-hydrogen) atoms. The number of ether oxygens (including phenoxy) is 3. The van der Waals surface area contributed by atoms with Gasteiger partial charge in [0.1, 0.15) is 12.4 Å². The van der Waals surface area contributed by atoms with E-state index in [2.05, 4.69) is 9.80 Å². The molecular formula is C32H33Cl2N3O5. The maximum atomic E-state index is 12.6. The largest absolute Gasteiger partial charge is 0.510 e. The Morgan fingerprint density at radius 1 is 0.833 bits per heavy atom. The Bertz CT molecular complexity index is 1560. The van der Waals surface area contributed by atoms with Crippen molar-refractivity contribution in [3.05, 3.63) is 105 Å². The topological polar surface area (TPSA) is 73.2 Å². The van der Waals surface area contributed by atoms with Crippen molar-refractivity contribution < 1.29 is 19.0 Å². The van der Waals surface area contributed by atoms with Crippen molar-refractivity contribution in [1.82, 2.24) is 9.47 Å². The van der Waals surface area contributed by atoms with Gasteiger partial charge < -0.3 is 19.1 Å². The number of halogens is 2. The lowest BCUT2D eigenvalue weighted by molar-refractivity contribution is 0.0293. The van der Waals surface area contributed by atoms with Crippen LogP contribution in [0.15, 0.2) is 83.7 Å². The van der Waals surface area contributed by atoms with Gasteiger partial charge in [0.2, 0.25) is 0 Å². The lowest BCUT2D eigenvalue weighted by Crippen LogP contribution is -2.46. The van der Waals surface area contributed by atoms with Crippen molar-refractivity contribution in [2.24, 2.45) is 0 Å². The van der Waals surface area contributed by atoms with Crippen LogP contribution in [0.2, 0.25) is 10.0 Å². The molecule has 8 nitrogen and oxygen atoms in total. The highest BCUT2D eigenvalue weighted by molar-refractivity contribution is 6.43. The fourth-order valence-corrected chi connectivity index (χ4v) is 5.36. The van der Waals surface area contributed by atoms with Crippen molar-refractivity contribution in [2.75, 3.05) is 44.2 Å². The SMILES string of the molecule is O=C(OCc1ccccc1)OCn1c(=O)ccc2ccc(OCCCCN3CCN(c4cccc(Cl)c4Cl)CC3)cc21. The predicted molar refractivity (Wildman–Crippen MR) is 166 cm³/mol. The summed E-state index contributed by atoms with van der Waals surface area (Å²) in [5, 5.41) is 2.03. The van der Waals surface area contributed by atoms with Crippen LogP contribution in [0.5, 0.6) is 5.75 Å². The van der Waals surface area contributed by atoms with E-state index in [9.17, 15) is 9.59 Å².